The number of rotatable bonds is 10. The number of nitrogens with one attached hydrogen (secondary N) is 1. The number of hydrogen-bond acceptors (Lipinski definition) is 8. The van der Waals surface area contributed by atoms with Crippen molar-refractivity contribution in [3.63, 3.8) is 0 Å². The molecule has 0 atom stereocenters. The summed E-state index contributed by atoms with van der Waals surface area (Å²) in [5, 5.41) is 13.1. The number of hydrogen-bond donors (Lipinski definition) is 2. The first-order valence-corrected chi connectivity index (χ1v) is 9.84. The van der Waals surface area contributed by atoms with Gasteiger partial charge < -0.3 is 20.7 Å². The Morgan fingerprint density at radius 2 is 1.76 bits per heavy atom. The minimum Gasteiger partial charge on any atom is -0.452 e. The van der Waals surface area contributed by atoms with Gasteiger partial charge in [0.05, 0.1) is 11.3 Å². The van der Waals surface area contributed by atoms with E-state index in [1.807, 2.05) is 0 Å². The molecule has 3 aromatic rings. The van der Waals surface area contributed by atoms with Crippen molar-refractivity contribution in [2.45, 2.75) is 13.0 Å². The Bertz CT molecular complexity index is 1120. The standard InChI is InChI=1S/C21H21N7O5/c22-18(29)10-11-28(15-6-2-1-3-7-15)20(31)13-33-21(32)16-8-4-5-9-17(16)24-19(30)12-27-14-23-25-26-27/h1-9,14H,10-13H2,(H2,22,29)(H,24,30). The number of amides is 3. The number of para-hydroxylation sites is 2. The number of carbonyl (C=O) groups excluding carboxylic acids is 4. The van der Waals surface area contributed by atoms with Gasteiger partial charge in [0.1, 0.15) is 12.9 Å². The molecule has 1 aromatic heterocycles. The maximum atomic E-state index is 12.7. The second kappa shape index (κ2) is 11.1. The largest absolute Gasteiger partial charge is 0.452 e. The monoisotopic (exact) mass is 451 g/mol. The van der Waals surface area contributed by atoms with Crippen LogP contribution in [0, 0.1) is 0 Å². The summed E-state index contributed by atoms with van der Waals surface area (Å²) >= 11 is 0. The van der Waals surface area contributed by atoms with Gasteiger partial charge in [-0.25, -0.2) is 9.48 Å². The number of tetrazole rings is 1. The van der Waals surface area contributed by atoms with Crippen molar-refractivity contribution in [1.29, 1.82) is 0 Å². The van der Waals surface area contributed by atoms with Crippen LogP contribution in [0.4, 0.5) is 11.4 Å². The van der Waals surface area contributed by atoms with E-state index < -0.39 is 30.3 Å². The van der Waals surface area contributed by atoms with E-state index in [1.165, 1.54) is 28.0 Å². The summed E-state index contributed by atoms with van der Waals surface area (Å²) in [7, 11) is 0. The zero-order valence-electron chi connectivity index (χ0n) is 17.5. The molecule has 0 bridgehead atoms. The van der Waals surface area contributed by atoms with Crippen molar-refractivity contribution in [3.05, 3.63) is 66.5 Å². The number of nitrogens with two attached hydrogens (primary N) is 1. The van der Waals surface area contributed by atoms with E-state index in [0.717, 1.165) is 0 Å². The van der Waals surface area contributed by atoms with Crippen LogP contribution in [0.2, 0.25) is 0 Å². The molecule has 1 heterocycles. The summed E-state index contributed by atoms with van der Waals surface area (Å²) in [5.41, 5.74) is 6.02. The van der Waals surface area contributed by atoms with Crippen molar-refractivity contribution in [2.75, 3.05) is 23.4 Å². The Hall–Kier alpha value is -4.61. The average molecular weight is 451 g/mol. The quantitative estimate of drug-likeness (QED) is 0.418. The molecule has 0 radical (unpaired) electrons. The highest BCUT2D eigenvalue weighted by Gasteiger charge is 2.20. The molecule has 0 saturated carbocycles. The summed E-state index contributed by atoms with van der Waals surface area (Å²) in [6.45, 7) is -0.681. The van der Waals surface area contributed by atoms with Crippen molar-refractivity contribution in [2.24, 2.45) is 5.73 Å². The number of ether oxygens (including phenoxy) is 1. The summed E-state index contributed by atoms with van der Waals surface area (Å²) < 4.78 is 6.41. The molecule has 12 heteroatoms. The number of anilines is 2. The fraction of sp³-hybridized carbons (Fsp3) is 0.190. The first-order chi connectivity index (χ1) is 15.9. The number of benzene rings is 2. The lowest BCUT2D eigenvalue weighted by molar-refractivity contribution is -0.122. The van der Waals surface area contributed by atoms with Gasteiger partial charge in [0, 0.05) is 18.7 Å². The lowest BCUT2D eigenvalue weighted by Crippen LogP contribution is -2.37. The normalized spacial score (nSPS) is 10.3. The molecule has 3 amide bonds. The second-order valence-corrected chi connectivity index (χ2v) is 6.77. The number of primary amides is 1. The van der Waals surface area contributed by atoms with Gasteiger partial charge in [-0.2, -0.15) is 0 Å². The molecule has 0 aliphatic heterocycles. The topological polar surface area (TPSA) is 162 Å². The summed E-state index contributed by atoms with van der Waals surface area (Å²) in [4.78, 5) is 50.1. The van der Waals surface area contributed by atoms with Crippen LogP contribution in [0.1, 0.15) is 16.8 Å². The van der Waals surface area contributed by atoms with Crippen molar-refractivity contribution in [3.8, 4) is 0 Å². The van der Waals surface area contributed by atoms with Crippen LogP contribution in [0.25, 0.3) is 0 Å². The Kier molecular flexibility index (Phi) is 7.78. The predicted molar refractivity (Wildman–Crippen MR) is 116 cm³/mol. The van der Waals surface area contributed by atoms with Gasteiger partial charge in [-0.15, -0.1) is 5.10 Å². The van der Waals surface area contributed by atoms with E-state index in [1.54, 1.807) is 42.5 Å². The molecule has 33 heavy (non-hydrogen) atoms. The fourth-order valence-electron chi connectivity index (χ4n) is 2.87. The molecule has 0 fully saturated rings. The zero-order valence-corrected chi connectivity index (χ0v) is 17.5. The molecular weight excluding hydrogens is 430 g/mol. The van der Waals surface area contributed by atoms with Gasteiger partial charge >= 0.3 is 5.97 Å². The van der Waals surface area contributed by atoms with Crippen molar-refractivity contribution in [1.82, 2.24) is 20.2 Å². The SMILES string of the molecule is NC(=O)CCN(C(=O)COC(=O)c1ccccc1NC(=O)Cn1cnnn1)c1ccccc1. The van der Waals surface area contributed by atoms with Crippen LogP contribution in [0.15, 0.2) is 60.9 Å². The number of nitrogens with zero attached hydrogens (tertiary/aromatic N) is 5. The van der Waals surface area contributed by atoms with E-state index in [0.29, 0.717) is 5.69 Å². The van der Waals surface area contributed by atoms with Gasteiger partial charge in [-0.3, -0.25) is 14.4 Å². The highest BCUT2D eigenvalue weighted by atomic mass is 16.5. The molecule has 12 nitrogen and oxygen atoms in total. The molecule has 170 valence electrons. The van der Waals surface area contributed by atoms with Crippen LogP contribution in [0.5, 0.6) is 0 Å². The molecule has 0 aliphatic rings. The van der Waals surface area contributed by atoms with Crippen LogP contribution in [-0.4, -0.2) is 57.0 Å². The Morgan fingerprint density at radius 3 is 2.45 bits per heavy atom. The van der Waals surface area contributed by atoms with Crippen LogP contribution in [-0.2, 0) is 25.7 Å². The third-order valence-corrected chi connectivity index (χ3v) is 4.40. The second-order valence-electron chi connectivity index (χ2n) is 6.77. The highest BCUT2D eigenvalue weighted by molar-refractivity contribution is 6.02. The summed E-state index contributed by atoms with van der Waals surface area (Å²) in [5.74, 6) is -2.35. The molecule has 3 rings (SSSR count). The third-order valence-electron chi connectivity index (χ3n) is 4.40. The van der Waals surface area contributed by atoms with Gasteiger partial charge in [-0.05, 0) is 34.7 Å². The van der Waals surface area contributed by atoms with E-state index >= 15 is 0 Å². The molecule has 0 aliphatic carbocycles. The predicted octanol–water partition coefficient (Wildman–Crippen LogP) is 0.377. The maximum absolute atomic E-state index is 12.7. The van der Waals surface area contributed by atoms with Gasteiger partial charge in [0.2, 0.25) is 11.8 Å². The Morgan fingerprint density at radius 1 is 1.03 bits per heavy atom. The minimum absolute atomic E-state index is 0.0412. The fourth-order valence-corrected chi connectivity index (χ4v) is 2.87. The van der Waals surface area contributed by atoms with E-state index in [2.05, 4.69) is 20.8 Å². The lowest BCUT2D eigenvalue weighted by atomic mass is 10.2. The average Bonchev–Trinajstić information content (AvgIpc) is 3.31. The van der Waals surface area contributed by atoms with Crippen LogP contribution >= 0.6 is 0 Å². The number of aromatic nitrogens is 4. The lowest BCUT2D eigenvalue weighted by Gasteiger charge is -2.22. The smallest absolute Gasteiger partial charge is 0.340 e. The Balaban J connectivity index is 1.65. The van der Waals surface area contributed by atoms with E-state index in [9.17, 15) is 19.2 Å². The summed E-state index contributed by atoms with van der Waals surface area (Å²) in [6.07, 6.45) is 1.23. The minimum atomic E-state index is -0.801. The van der Waals surface area contributed by atoms with Gasteiger partial charge in [0.25, 0.3) is 5.91 Å². The third kappa shape index (κ3) is 6.69. The number of esters is 1. The Labute approximate surface area is 188 Å². The van der Waals surface area contributed by atoms with Crippen LogP contribution in [0.3, 0.4) is 0 Å². The maximum Gasteiger partial charge on any atom is 0.340 e. The van der Waals surface area contributed by atoms with Crippen molar-refractivity contribution < 1.29 is 23.9 Å². The van der Waals surface area contributed by atoms with Gasteiger partial charge in [-0.1, -0.05) is 30.3 Å². The molecule has 3 N–H and O–H groups in total. The number of carbonyl (C=O) groups is 4. The van der Waals surface area contributed by atoms with E-state index in [4.69, 9.17) is 10.5 Å². The zero-order chi connectivity index (χ0) is 23.6. The first kappa shape index (κ1) is 23.1. The molecule has 0 saturated heterocycles. The molecule has 0 spiro atoms. The van der Waals surface area contributed by atoms with E-state index in [-0.39, 0.29) is 30.8 Å². The first-order valence-electron chi connectivity index (χ1n) is 9.84. The highest BCUT2D eigenvalue weighted by Crippen LogP contribution is 2.18. The molecule has 0 unspecified atom stereocenters. The van der Waals surface area contributed by atoms with Gasteiger partial charge in [0.15, 0.2) is 6.61 Å². The molecule has 2 aromatic carbocycles. The van der Waals surface area contributed by atoms with Crippen LogP contribution < -0.4 is 16.0 Å². The molecular formula is C21H21N7O5. The van der Waals surface area contributed by atoms with Crippen molar-refractivity contribution >= 4 is 35.1 Å². The summed E-state index contributed by atoms with van der Waals surface area (Å²) in [6, 6.07) is 14.9.